The van der Waals surface area contributed by atoms with Crippen LogP contribution in [0.15, 0.2) is 30.3 Å². The molecule has 0 aromatic heterocycles. The molecule has 0 unspecified atom stereocenters. The van der Waals surface area contributed by atoms with E-state index in [1.54, 1.807) is 19.1 Å². The SMILES string of the molecule is CCCCCCN(CC(=O)N1CCc2cc(OC)c(OC)cc2C1)C(=O)Nc1c(C(C)C)cccc1C(C)C. The number of unbranched alkanes of at least 4 members (excludes halogenated alkanes) is 3. The first-order valence-corrected chi connectivity index (χ1v) is 14.4. The van der Waals surface area contributed by atoms with Gasteiger partial charge in [0.2, 0.25) is 5.91 Å². The van der Waals surface area contributed by atoms with Gasteiger partial charge in [-0.1, -0.05) is 72.1 Å². The van der Waals surface area contributed by atoms with Gasteiger partial charge in [-0.15, -0.1) is 0 Å². The highest BCUT2D eigenvalue weighted by molar-refractivity contribution is 5.94. The lowest BCUT2D eigenvalue weighted by Crippen LogP contribution is -2.46. The molecular formula is C32H47N3O4. The summed E-state index contributed by atoms with van der Waals surface area (Å²) >= 11 is 0. The van der Waals surface area contributed by atoms with Gasteiger partial charge in [0.1, 0.15) is 6.54 Å². The minimum atomic E-state index is -0.210. The summed E-state index contributed by atoms with van der Waals surface area (Å²) in [7, 11) is 3.25. The second kappa shape index (κ2) is 14.2. The second-order valence-corrected chi connectivity index (χ2v) is 11.1. The maximum atomic E-state index is 13.7. The van der Waals surface area contributed by atoms with E-state index in [1.165, 1.54) is 0 Å². The third-order valence-electron chi connectivity index (χ3n) is 7.57. The van der Waals surface area contributed by atoms with Crippen molar-refractivity contribution >= 4 is 17.6 Å². The molecular weight excluding hydrogens is 490 g/mol. The number of nitrogens with zero attached hydrogens (tertiary/aromatic N) is 2. The fraction of sp³-hybridized carbons (Fsp3) is 0.562. The second-order valence-electron chi connectivity index (χ2n) is 11.1. The first kappa shape index (κ1) is 30.3. The van der Waals surface area contributed by atoms with Crippen molar-refractivity contribution in [2.45, 2.75) is 85.1 Å². The van der Waals surface area contributed by atoms with E-state index < -0.39 is 0 Å². The molecule has 0 saturated heterocycles. The zero-order valence-corrected chi connectivity index (χ0v) is 24.9. The van der Waals surface area contributed by atoms with Crippen LogP contribution in [0, 0.1) is 0 Å². The molecule has 0 fully saturated rings. The van der Waals surface area contributed by atoms with Crippen LogP contribution in [0.3, 0.4) is 0 Å². The first-order chi connectivity index (χ1) is 18.7. The van der Waals surface area contributed by atoms with E-state index in [9.17, 15) is 9.59 Å². The van der Waals surface area contributed by atoms with Gasteiger partial charge in [-0.25, -0.2) is 4.79 Å². The van der Waals surface area contributed by atoms with Gasteiger partial charge in [0.15, 0.2) is 11.5 Å². The molecule has 0 saturated carbocycles. The maximum Gasteiger partial charge on any atom is 0.322 e. The Morgan fingerprint density at radius 1 is 0.949 bits per heavy atom. The van der Waals surface area contributed by atoms with Crippen molar-refractivity contribution in [1.29, 1.82) is 0 Å². The highest BCUT2D eigenvalue weighted by Crippen LogP contribution is 2.34. The Bertz CT molecular complexity index is 1100. The Hall–Kier alpha value is -3.22. The van der Waals surface area contributed by atoms with Crippen molar-refractivity contribution in [1.82, 2.24) is 9.80 Å². The molecule has 3 amide bonds. The van der Waals surface area contributed by atoms with E-state index in [1.807, 2.05) is 17.0 Å². The predicted molar refractivity (Wildman–Crippen MR) is 158 cm³/mol. The molecule has 0 radical (unpaired) electrons. The highest BCUT2D eigenvalue weighted by Gasteiger charge is 2.27. The van der Waals surface area contributed by atoms with E-state index in [-0.39, 0.29) is 30.3 Å². The van der Waals surface area contributed by atoms with Gasteiger partial charge < -0.3 is 24.6 Å². The van der Waals surface area contributed by atoms with Crippen LogP contribution >= 0.6 is 0 Å². The van der Waals surface area contributed by atoms with Crippen LogP contribution in [-0.4, -0.2) is 55.6 Å². The smallest absolute Gasteiger partial charge is 0.322 e. The zero-order valence-electron chi connectivity index (χ0n) is 24.9. The molecule has 0 aliphatic carbocycles. The van der Waals surface area contributed by atoms with Gasteiger partial charge in [0, 0.05) is 25.3 Å². The van der Waals surface area contributed by atoms with Crippen LogP contribution in [0.1, 0.15) is 94.4 Å². The average molecular weight is 538 g/mol. The van der Waals surface area contributed by atoms with Gasteiger partial charge in [-0.05, 0) is 59.1 Å². The summed E-state index contributed by atoms with van der Waals surface area (Å²) in [5.41, 5.74) is 5.33. The molecule has 2 aromatic carbocycles. The third-order valence-corrected chi connectivity index (χ3v) is 7.57. The van der Waals surface area contributed by atoms with Gasteiger partial charge in [0.25, 0.3) is 0 Å². The summed E-state index contributed by atoms with van der Waals surface area (Å²) in [4.78, 5) is 30.8. The Labute approximate surface area is 234 Å². The van der Waals surface area contributed by atoms with E-state index in [4.69, 9.17) is 9.47 Å². The molecule has 1 aliphatic heterocycles. The average Bonchev–Trinajstić information content (AvgIpc) is 2.93. The van der Waals surface area contributed by atoms with E-state index >= 15 is 0 Å². The monoisotopic (exact) mass is 537 g/mol. The molecule has 2 aromatic rings. The van der Waals surface area contributed by atoms with Crippen LogP contribution in [0.25, 0.3) is 0 Å². The van der Waals surface area contributed by atoms with Crippen molar-refractivity contribution in [3.63, 3.8) is 0 Å². The molecule has 0 bridgehead atoms. The van der Waals surface area contributed by atoms with Gasteiger partial charge in [-0.2, -0.15) is 0 Å². The number of benzene rings is 2. The van der Waals surface area contributed by atoms with Crippen molar-refractivity contribution < 1.29 is 19.1 Å². The minimum Gasteiger partial charge on any atom is -0.493 e. The zero-order chi connectivity index (χ0) is 28.5. The first-order valence-electron chi connectivity index (χ1n) is 14.4. The number of anilines is 1. The number of methoxy groups -OCH3 is 2. The fourth-order valence-electron chi connectivity index (χ4n) is 5.22. The summed E-state index contributed by atoms with van der Waals surface area (Å²) in [5.74, 6) is 1.85. The molecule has 0 spiro atoms. The topological polar surface area (TPSA) is 71.1 Å². The van der Waals surface area contributed by atoms with Gasteiger partial charge >= 0.3 is 6.03 Å². The number of hydrogen-bond donors (Lipinski definition) is 1. The van der Waals surface area contributed by atoms with Gasteiger partial charge in [0.05, 0.1) is 14.2 Å². The fourth-order valence-corrected chi connectivity index (χ4v) is 5.22. The van der Waals surface area contributed by atoms with Crippen LogP contribution in [0.2, 0.25) is 0 Å². The lowest BCUT2D eigenvalue weighted by Gasteiger charge is -2.32. The summed E-state index contributed by atoms with van der Waals surface area (Å²) in [6.45, 7) is 12.4. The number of para-hydroxylation sites is 1. The van der Waals surface area contributed by atoms with Crippen LogP contribution in [0.4, 0.5) is 10.5 Å². The molecule has 1 heterocycles. The molecule has 39 heavy (non-hydrogen) atoms. The van der Waals surface area contributed by atoms with Crippen molar-refractivity contribution in [2.24, 2.45) is 0 Å². The summed E-state index contributed by atoms with van der Waals surface area (Å²) < 4.78 is 10.9. The van der Waals surface area contributed by atoms with Crippen molar-refractivity contribution in [2.75, 3.05) is 39.2 Å². The molecule has 7 heteroatoms. The number of carbonyl (C=O) groups excluding carboxylic acids is 2. The Balaban J connectivity index is 1.79. The number of nitrogens with one attached hydrogen (secondary N) is 1. The summed E-state index contributed by atoms with van der Waals surface area (Å²) in [5, 5.41) is 3.22. The van der Waals surface area contributed by atoms with E-state index in [2.05, 4.69) is 58.1 Å². The molecule has 0 atom stereocenters. The minimum absolute atomic E-state index is 0.0395. The highest BCUT2D eigenvalue weighted by atomic mass is 16.5. The molecule has 7 nitrogen and oxygen atoms in total. The number of hydrogen-bond acceptors (Lipinski definition) is 4. The normalized spacial score (nSPS) is 12.9. The lowest BCUT2D eigenvalue weighted by atomic mass is 9.93. The molecule has 3 rings (SSSR count). The maximum absolute atomic E-state index is 13.7. The molecule has 214 valence electrons. The van der Waals surface area contributed by atoms with Crippen molar-refractivity contribution in [3.05, 3.63) is 52.6 Å². The summed E-state index contributed by atoms with van der Waals surface area (Å²) in [6.07, 6.45) is 4.88. The van der Waals surface area contributed by atoms with Crippen LogP contribution in [-0.2, 0) is 17.8 Å². The number of ether oxygens (including phenoxy) is 2. The Morgan fingerprint density at radius 3 is 2.13 bits per heavy atom. The van der Waals surface area contributed by atoms with Crippen LogP contribution < -0.4 is 14.8 Å². The van der Waals surface area contributed by atoms with Crippen LogP contribution in [0.5, 0.6) is 11.5 Å². The van der Waals surface area contributed by atoms with E-state index in [0.29, 0.717) is 31.1 Å². The Morgan fingerprint density at radius 2 is 1.56 bits per heavy atom. The van der Waals surface area contributed by atoms with Crippen molar-refractivity contribution in [3.8, 4) is 11.5 Å². The van der Waals surface area contributed by atoms with Gasteiger partial charge in [-0.3, -0.25) is 4.79 Å². The number of rotatable bonds is 12. The predicted octanol–water partition coefficient (Wildman–Crippen LogP) is 6.95. The Kier molecular flexibility index (Phi) is 11.1. The molecule has 1 N–H and O–H groups in total. The molecule has 1 aliphatic rings. The number of carbonyl (C=O) groups is 2. The standard InChI is InChI=1S/C32H47N3O4/c1-8-9-10-11-16-35(32(37)33-31-26(22(2)3)13-12-14-27(31)23(4)5)21-30(36)34-17-15-24-18-28(38-6)29(39-7)19-25(24)20-34/h12-14,18-19,22-23H,8-11,15-17,20-21H2,1-7H3,(H,33,37). The summed E-state index contributed by atoms with van der Waals surface area (Å²) in [6, 6.07) is 9.97. The number of urea groups is 1. The lowest BCUT2D eigenvalue weighted by molar-refractivity contribution is -0.132. The largest absolute Gasteiger partial charge is 0.493 e. The van der Waals surface area contributed by atoms with E-state index in [0.717, 1.165) is 60.0 Å². The third kappa shape index (κ3) is 7.68. The number of fused-ring (bicyclic) bond motifs is 1. The quantitative estimate of drug-likeness (QED) is 0.298. The number of amides is 3.